The number of non-ortho nitro benzene ring substituents is 1. The number of rotatable bonds is 4. The van der Waals surface area contributed by atoms with E-state index in [2.05, 4.69) is 4.98 Å². The van der Waals surface area contributed by atoms with Gasteiger partial charge in [0.2, 0.25) is 5.78 Å². The average Bonchev–Trinajstić information content (AvgIpc) is 3.28. The highest BCUT2D eigenvalue weighted by Crippen LogP contribution is 2.28. The lowest BCUT2D eigenvalue weighted by Crippen LogP contribution is -1.99. The van der Waals surface area contributed by atoms with Crippen molar-refractivity contribution in [3.8, 4) is 10.6 Å². The van der Waals surface area contributed by atoms with Gasteiger partial charge in [0.25, 0.3) is 5.69 Å². The first-order valence-corrected chi connectivity index (χ1v) is 8.23. The SMILES string of the molecule is O=C(c1csc(-c2ccccc2)n1)c1cc2cc([N+](=O)[O-])ccc2o1. The van der Waals surface area contributed by atoms with Crippen LogP contribution in [-0.2, 0) is 0 Å². The van der Waals surface area contributed by atoms with Crippen molar-refractivity contribution in [3.63, 3.8) is 0 Å². The van der Waals surface area contributed by atoms with Crippen LogP contribution >= 0.6 is 11.3 Å². The number of hydrogen-bond acceptors (Lipinski definition) is 6. The Morgan fingerprint density at radius 3 is 2.68 bits per heavy atom. The molecule has 122 valence electrons. The number of fused-ring (bicyclic) bond motifs is 1. The normalized spacial score (nSPS) is 10.9. The van der Waals surface area contributed by atoms with Gasteiger partial charge in [0, 0.05) is 28.5 Å². The lowest BCUT2D eigenvalue weighted by molar-refractivity contribution is -0.384. The van der Waals surface area contributed by atoms with E-state index >= 15 is 0 Å². The van der Waals surface area contributed by atoms with Crippen LogP contribution < -0.4 is 0 Å². The molecule has 0 unspecified atom stereocenters. The molecule has 0 aliphatic rings. The van der Waals surface area contributed by atoms with Crippen molar-refractivity contribution in [1.29, 1.82) is 0 Å². The minimum absolute atomic E-state index is 0.0488. The number of benzene rings is 2. The maximum Gasteiger partial charge on any atom is 0.270 e. The molecule has 7 heteroatoms. The van der Waals surface area contributed by atoms with E-state index in [9.17, 15) is 14.9 Å². The molecule has 0 atom stereocenters. The van der Waals surface area contributed by atoms with Gasteiger partial charge in [-0.15, -0.1) is 11.3 Å². The maximum absolute atomic E-state index is 12.6. The van der Waals surface area contributed by atoms with E-state index in [0.29, 0.717) is 11.0 Å². The zero-order valence-corrected chi connectivity index (χ0v) is 13.5. The van der Waals surface area contributed by atoms with Crippen molar-refractivity contribution < 1.29 is 14.1 Å². The molecule has 0 amide bonds. The number of carbonyl (C=O) groups excluding carboxylic acids is 1. The van der Waals surface area contributed by atoms with Gasteiger partial charge in [-0.25, -0.2) is 4.98 Å². The summed E-state index contributed by atoms with van der Waals surface area (Å²) in [6.45, 7) is 0. The summed E-state index contributed by atoms with van der Waals surface area (Å²) in [5.41, 5.74) is 1.60. The number of furan rings is 1. The summed E-state index contributed by atoms with van der Waals surface area (Å²) in [6, 6.07) is 15.3. The molecule has 4 rings (SSSR count). The molecule has 0 saturated heterocycles. The monoisotopic (exact) mass is 350 g/mol. The number of thiazole rings is 1. The van der Waals surface area contributed by atoms with Gasteiger partial charge in [0.05, 0.1) is 4.92 Å². The average molecular weight is 350 g/mol. The van der Waals surface area contributed by atoms with Crippen LogP contribution in [-0.4, -0.2) is 15.7 Å². The van der Waals surface area contributed by atoms with Crippen LogP contribution in [0.5, 0.6) is 0 Å². The standard InChI is InChI=1S/C18H10N2O4S/c21-17(14-10-25-18(19-14)11-4-2-1-3-5-11)16-9-12-8-13(20(22)23)6-7-15(12)24-16/h1-10H. The Hall–Kier alpha value is -3.32. The van der Waals surface area contributed by atoms with Crippen LogP contribution in [0.2, 0.25) is 0 Å². The van der Waals surface area contributed by atoms with Gasteiger partial charge in [-0.2, -0.15) is 0 Å². The molecule has 2 aromatic heterocycles. The molecule has 0 aliphatic heterocycles. The van der Waals surface area contributed by atoms with Crippen LogP contribution in [0, 0.1) is 10.1 Å². The Labute approximate surface area is 145 Å². The van der Waals surface area contributed by atoms with Gasteiger partial charge in [0.1, 0.15) is 16.3 Å². The molecule has 6 nitrogen and oxygen atoms in total. The molecule has 2 aromatic carbocycles. The van der Waals surface area contributed by atoms with Gasteiger partial charge in [-0.05, 0) is 12.1 Å². The van der Waals surface area contributed by atoms with Crippen LogP contribution in [0.25, 0.3) is 21.5 Å². The Bertz CT molecular complexity index is 1100. The Morgan fingerprint density at radius 1 is 1.12 bits per heavy atom. The molecular weight excluding hydrogens is 340 g/mol. The lowest BCUT2D eigenvalue weighted by Gasteiger charge is -1.94. The van der Waals surface area contributed by atoms with Crippen molar-refractivity contribution in [2.24, 2.45) is 0 Å². The second-order valence-corrected chi connectivity index (χ2v) is 6.18. The third kappa shape index (κ3) is 2.81. The highest BCUT2D eigenvalue weighted by Gasteiger charge is 2.19. The first-order valence-electron chi connectivity index (χ1n) is 7.35. The molecule has 2 heterocycles. The van der Waals surface area contributed by atoms with Gasteiger partial charge < -0.3 is 4.42 Å². The van der Waals surface area contributed by atoms with Crippen LogP contribution in [0.15, 0.2) is 64.4 Å². The van der Waals surface area contributed by atoms with E-state index in [0.717, 1.165) is 10.6 Å². The van der Waals surface area contributed by atoms with Crippen molar-refractivity contribution in [1.82, 2.24) is 4.98 Å². The summed E-state index contributed by atoms with van der Waals surface area (Å²) in [4.78, 5) is 27.3. The highest BCUT2D eigenvalue weighted by molar-refractivity contribution is 7.13. The third-order valence-corrected chi connectivity index (χ3v) is 4.58. The van der Waals surface area contributed by atoms with Gasteiger partial charge >= 0.3 is 0 Å². The molecule has 0 radical (unpaired) electrons. The Balaban J connectivity index is 1.68. The fourth-order valence-corrected chi connectivity index (χ4v) is 3.28. The van der Waals surface area contributed by atoms with E-state index in [-0.39, 0.29) is 22.9 Å². The molecule has 0 spiro atoms. The number of nitro groups is 1. The minimum atomic E-state index is -0.486. The van der Waals surface area contributed by atoms with Gasteiger partial charge in [-0.1, -0.05) is 30.3 Å². The fourth-order valence-electron chi connectivity index (χ4n) is 2.47. The quantitative estimate of drug-likeness (QED) is 0.303. The molecule has 0 aliphatic carbocycles. The molecule has 4 aromatic rings. The summed E-state index contributed by atoms with van der Waals surface area (Å²) in [5.74, 6) is -0.238. The van der Waals surface area contributed by atoms with E-state index in [4.69, 9.17) is 4.42 Å². The van der Waals surface area contributed by atoms with Crippen LogP contribution in [0.4, 0.5) is 5.69 Å². The Kier molecular flexibility index (Phi) is 3.62. The molecular formula is C18H10N2O4S. The predicted octanol–water partition coefficient (Wildman–Crippen LogP) is 4.70. The number of hydrogen-bond donors (Lipinski definition) is 0. The van der Waals surface area contributed by atoms with E-state index in [1.54, 1.807) is 5.38 Å². The maximum atomic E-state index is 12.6. The molecule has 0 fully saturated rings. The first-order chi connectivity index (χ1) is 12.1. The second kappa shape index (κ2) is 5.95. The van der Waals surface area contributed by atoms with Gasteiger partial charge in [-0.3, -0.25) is 14.9 Å². The van der Waals surface area contributed by atoms with Crippen LogP contribution in [0.3, 0.4) is 0 Å². The summed E-state index contributed by atoms with van der Waals surface area (Å²) >= 11 is 1.38. The number of carbonyl (C=O) groups is 1. The molecule has 0 saturated carbocycles. The topological polar surface area (TPSA) is 86.2 Å². The predicted molar refractivity (Wildman–Crippen MR) is 93.9 cm³/mol. The first kappa shape index (κ1) is 15.2. The van der Waals surface area contributed by atoms with Crippen molar-refractivity contribution >= 4 is 33.8 Å². The molecule has 0 bridgehead atoms. The molecule has 0 N–H and O–H groups in total. The van der Waals surface area contributed by atoms with Gasteiger partial charge in [0.15, 0.2) is 5.76 Å². The van der Waals surface area contributed by atoms with Crippen molar-refractivity contribution in [3.05, 3.63) is 81.5 Å². The zero-order chi connectivity index (χ0) is 17.4. The van der Waals surface area contributed by atoms with Crippen molar-refractivity contribution in [2.45, 2.75) is 0 Å². The highest BCUT2D eigenvalue weighted by atomic mass is 32.1. The second-order valence-electron chi connectivity index (χ2n) is 5.32. The Morgan fingerprint density at radius 2 is 1.92 bits per heavy atom. The van der Waals surface area contributed by atoms with Crippen LogP contribution in [0.1, 0.15) is 16.2 Å². The number of ketones is 1. The minimum Gasteiger partial charge on any atom is -0.453 e. The fraction of sp³-hybridized carbons (Fsp3) is 0. The van der Waals surface area contributed by atoms with E-state index in [1.165, 1.54) is 35.6 Å². The summed E-state index contributed by atoms with van der Waals surface area (Å²) in [6.07, 6.45) is 0. The van der Waals surface area contributed by atoms with Crippen molar-refractivity contribution in [2.75, 3.05) is 0 Å². The smallest absolute Gasteiger partial charge is 0.270 e. The van der Waals surface area contributed by atoms with E-state index in [1.807, 2.05) is 30.3 Å². The lowest BCUT2D eigenvalue weighted by atomic mass is 10.2. The summed E-state index contributed by atoms with van der Waals surface area (Å²) < 4.78 is 5.53. The third-order valence-electron chi connectivity index (χ3n) is 3.69. The number of aromatic nitrogens is 1. The number of nitro benzene ring substituents is 1. The van der Waals surface area contributed by atoms with E-state index < -0.39 is 4.92 Å². The zero-order valence-electron chi connectivity index (χ0n) is 12.7. The largest absolute Gasteiger partial charge is 0.453 e. The number of nitrogens with zero attached hydrogens (tertiary/aromatic N) is 2. The summed E-state index contributed by atoms with van der Waals surface area (Å²) in [7, 11) is 0. The summed E-state index contributed by atoms with van der Waals surface area (Å²) in [5, 5.41) is 13.8. The molecule has 25 heavy (non-hydrogen) atoms.